The summed E-state index contributed by atoms with van der Waals surface area (Å²) >= 11 is 5.91. The lowest BCUT2D eigenvalue weighted by molar-refractivity contribution is 0.0830. The fourth-order valence-electron chi connectivity index (χ4n) is 4.03. The monoisotopic (exact) mass is 490 g/mol. The van der Waals surface area contributed by atoms with Crippen molar-refractivity contribution in [3.63, 3.8) is 0 Å². The average molecular weight is 491 g/mol. The summed E-state index contributed by atoms with van der Waals surface area (Å²) < 4.78 is 21.2. The Kier molecular flexibility index (Phi) is 9.42. The van der Waals surface area contributed by atoms with Gasteiger partial charge in [-0.25, -0.2) is 4.79 Å². The van der Waals surface area contributed by atoms with E-state index >= 15 is 0 Å². The van der Waals surface area contributed by atoms with Crippen molar-refractivity contribution in [2.24, 2.45) is 5.92 Å². The van der Waals surface area contributed by atoms with E-state index in [1.165, 1.54) is 21.3 Å². The van der Waals surface area contributed by atoms with Crippen LogP contribution in [0.3, 0.4) is 0 Å². The van der Waals surface area contributed by atoms with Gasteiger partial charge in [0.2, 0.25) is 5.75 Å². The number of hydrogen-bond acceptors (Lipinski definition) is 7. The number of likely N-dealkylation sites (tertiary alicyclic amines) is 1. The standard InChI is InChI=1S/C25H31ClN2O6/c1-31-21-15-20(16-22(32-2)24(21)33-3)27-25(30)34-14-4-11-28-12-9-18(10-13-28)23(29)17-5-7-19(26)8-6-17/h5-8,15-16,18H,4,9-14H2,1-3H3,(H,27,30). The zero-order valence-corrected chi connectivity index (χ0v) is 20.5. The van der Waals surface area contributed by atoms with E-state index in [1.807, 2.05) is 0 Å². The zero-order chi connectivity index (χ0) is 24.5. The quantitative estimate of drug-likeness (QED) is 0.374. The molecule has 0 spiro atoms. The maximum atomic E-state index is 12.7. The molecule has 1 fully saturated rings. The lowest BCUT2D eigenvalue weighted by Gasteiger charge is -2.31. The van der Waals surface area contributed by atoms with E-state index in [1.54, 1.807) is 36.4 Å². The molecule has 0 atom stereocenters. The van der Waals surface area contributed by atoms with Gasteiger partial charge < -0.3 is 23.8 Å². The Balaban J connectivity index is 1.38. The largest absolute Gasteiger partial charge is 0.493 e. The maximum absolute atomic E-state index is 12.7. The van der Waals surface area contributed by atoms with Crippen LogP contribution >= 0.6 is 11.6 Å². The molecule has 1 N–H and O–H groups in total. The smallest absolute Gasteiger partial charge is 0.411 e. The molecule has 1 heterocycles. The fraction of sp³-hybridized carbons (Fsp3) is 0.440. The number of rotatable bonds is 10. The number of carbonyl (C=O) groups excluding carboxylic acids is 2. The molecular formula is C25H31ClN2O6. The summed E-state index contributed by atoms with van der Waals surface area (Å²) in [7, 11) is 4.54. The number of piperidine rings is 1. The second kappa shape index (κ2) is 12.5. The van der Waals surface area contributed by atoms with Crippen LogP contribution in [0.1, 0.15) is 29.6 Å². The van der Waals surface area contributed by atoms with Gasteiger partial charge in [0.25, 0.3) is 0 Å². The molecule has 0 radical (unpaired) electrons. The molecule has 34 heavy (non-hydrogen) atoms. The molecule has 8 nitrogen and oxygen atoms in total. The Hall–Kier alpha value is -2.97. The Morgan fingerprint density at radius 3 is 2.18 bits per heavy atom. The number of anilines is 1. The minimum atomic E-state index is -0.554. The highest BCUT2D eigenvalue weighted by Crippen LogP contribution is 2.39. The number of nitrogens with one attached hydrogen (secondary N) is 1. The van der Waals surface area contributed by atoms with Gasteiger partial charge in [0.15, 0.2) is 17.3 Å². The van der Waals surface area contributed by atoms with Crippen molar-refractivity contribution in [2.75, 3.05) is 52.9 Å². The Bertz CT molecular complexity index is 949. The third-order valence-electron chi connectivity index (χ3n) is 5.85. The molecule has 1 saturated heterocycles. The first kappa shape index (κ1) is 25.6. The molecule has 1 aliphatic rings. The van der Waals surface area contributed by atoms with E-state index in [2.05, 4.69) is 10.2 Å². The van der Waals surface area contributed by atoms with Crippen molar-refractivity contribution >= 4 is 29.2 Å². The Labute approximate surface area is 205 Å². The lowest BCUT2D eigenvalue weighted by Crippen LogP contribution is -2.37. The van der Waals surface area contributed by atoms with Crippen LogP contribution in [-0.2, 0) is 4.74 Å². The number of amides is 1. The third kappa shape index (κ3) is 6.77. The summed E-state index contributed by atoms with van der Waals surface area (Å²) in [6.45, 7) is 2.79. The molecule has 0 bridgehead atoms. The number of benzene rings is 2. The number of nitrogens with zero attached hydrogens (tertiary/aromatic N) is 1. The van der Waals surface area contributed by atoms with Crippen LogP contribution < -0.4 is 19.5 Å². The van der Waals surface area contributed by atoms with Crippen molar-refractivity contribution in [1.82, 2.24) is 4.90 Å². The van der Waals surface area contributed by atoms with Crippen molar-refractivity contribution in [3.8, 4) is 17.2 Å². The van der Waals surface area contributed by atoms with Gasteiger partial charge in [0.1, 0.15) is 0 Å². The predicted molar refractivity (Wildman–Crippen MR) is 131 cm³/mol. The molecule has 2 aromatic rings. The number of halogens is 1. The second-order valence-electron chi connectivity index (χ2n) is 8.02. The van der Waals surface area contributed by atoms with Crippen molar-refractivity contribution in [2.45, 2.75) is 19.3 Å². The summed E-state index contributed by atoms with van der Waals surface area (Å²) in [4.78, 5) is 27.2. The van der Waals surface area contributed by atoms with E-state index in [9.17, 15) is 9.59 Å². The zero-order valence-electron chi connectivity index (χ0n) is 19.8. The predicted octanol–water partition coefficient (Wildman–Crippen LogP) is 4.90. The highest BCUT2D eigenvalue weighted by atomic mass is 35.5. The molecule has 0 aliphatic carbocycles. The summed E-state index contributed by atoms with van der Waals surface area (Å²) in [5, 5.41) is 3.31. The number of hydrogen-bond donors (Lipinski definition) is 1. The van der Waals surface area contributed by atoms with E-state index in [-0.39, 0.29) is 11.7 Å². The number of carbonyl (C=O) groups is 2. The highest BCUT2D eigenvalue weighted by Gasteiger charge is 2.25. The average Bonchev–Trinajstić information content (AvgIpc) is 2.86. The van der Waals surface area contributed by atoms with Crippen molar-refractivity contribution in [3.05, 3.63) is 47.0 Å². The lowest BCUT2D eigenvalue weighted by atomic mass is 9.89. The van der Waals surface area contributed by atoms with Gasteiger partial charge in [-0.05, 0) is 56.6 Å². The second-order valence-corrected chi connectivity index (χ2v) is 8.45. The van der Waals surface area contributed by atoms with Crippen molar-refractivity contribution in [1.29, 1.82) is 0 Å². The van der Waals surface area contributed by atoms with Gasteiger partial charge in [0, 0.05) is 35.2 Å². The molecule has 2 aromatic carbocycles. The molecule has 1 aliphatic heterocycles. The van der Waals surface area contributed by atoms with E-state index in [4.69, 9.17) is 30.5 Å². The van der Waals surface area contributed by atoms with Crippen LogP contribution in [0.25, 0.3) is 0 Å². The minimum Gasteiger partial charge on any atom is -0.493 e. The van der Waals surface area contributed by atoms with Gasteiger partial charge in [-0.2, -0.15) is 0 Å². The first-order valence-electron chi connectivity index (χ1n) is 11.2. The number of methoxy groups -OCH3 is 3. The topological polar surface area (TPSA) is 86.3 Å². The Morgan fingerprint density at radius 2 is 1.62 bits per heavy atom. The number of ether oxygens (including phenoxy) is 4. The van der Waals surface area contributed by atoms with Crippen LogP contribution in [0.2, 0.25) is 5.02 Å². The van der Waals surface area contributed by atoms with E-state index in [0.29, 0.717) is 41.0 Å². The van der Waals surface area contributed by atoms with Gasteiger partial charge in [-0.3, -0.25) is 10.1 Å². The van der Waals surface area contributed by atoms with E-state index < -0.39 is 6.09 Å². The highest BCUT2D eigenvalue weighted by molar-refractivity contribution is 6.30. The first-order valence-corrected chi connectivity index (χ1v) is 11.6. The van der Waals surface area contributed by atoms with Crippen LogP contribution in [0, 0.1) is 5.92 Å². The molecule has 184 valence electrons. The van der Waals surface area contributed by atoms with Gasteiger partial charge in [-0.15, -0.1) is 0 Å². The normalized spacial score (nSPS) is 14.4. The fourth-order valence-corrected chi connectivity index (χ4v) is 4.15. The van der Waals surface area contributed by atoms with Crippen molar-refractivity contribution < 1.29 is 28.5 Å². The molecule has 0 saturated carbocycles. The van der Waals surface area contributed by atoms with Gasteiger partial charge >= 0.3 is 6.09 Å². The molecule has 9 heteroatoms. The Morgan fingerprint density at radius 1 is 1.00 bits per heavy atom. The third-order valence-corrected chi connectivity index (χ3v) is 6.10. The molecule has 0 unspecified atom stereocenters. The maximum Gasteiger partial charge on any atom is 0.411 e. The number of ketones is 1. The van der Waals surface area contributed by atoms with Crippen LogP contribution in [0.15, 0.2) is 36.4 Å². The first-order chi connectivity index (χ1) is 16.4. The van der Waals surface area contributed by atoms with Crippen LogP contribution in [0.4, 0.5) is 10.5 Å². The SMILES string of the molecule is COc1cc(NC(=O)OCCCN2CCC(C(=O)c3ccc(Cl)cc3)CC2)cc(OC)c1OC. The van der Waals surface area contributed by atoms with Crippen LogP contribution in [0.5, 0.6) is 17.2 Å². The molecular weight excluding hydrogens is 460 g/mol. The molecule has 1 amide bonds. The number of Topliss-reactive ketones (excluding diaryl/α,β-unsaturated/α-hetero) is 1. The summed E-state index contributed by atoms with van der Waals surface area (Å²) in [6, 6.07) is 10.4. The summed E-state index contributed by atoms with van der Waals surface area (Å²) in [6.07, 6.45) is 1.80. The van der Waals surface area contributed by atoms with Gasteiger partial charge in [0.05, 0.1) is 33.6 Å². The molecule has 3 rings (SSSR count). The minimum absolute atomic E-state index is 0.0398. The summed E-state index contributed by atoms with van der Waals surface area (Å²) in [5.74, 6) is 1.55. The van der Waals surface area contributed by atoms with Crippen LogP contribution in [-0.4, -0.2) is 64.3 Å². The molecule has 0 aromatic heterocycles. The van der Waals surface area contributed by atoms with E-state index in [0.717, 1.165) is 38.0 Å². The summed E-state index contributed by atoms with van der Waals surface area (Å²) in [5.41, 5.74) is 1.20. The van der Waals surface area contributed by atoms with Gasteiger partial charge in [-0.1, -0.05) is 11.6 Å².